The average molecular weight is 372 g/mol. The number of rotatable bonds is 5. The monoisotopic (exact) mass is 372 g/mol. The second-order valence-corrected chi connectivity index (χ2v) is 6.23. The van der Waals surface area contributed by atoms with Crippen LogP contribution in [0.1, 0.15) is 5.56 Å². The Morgan fingerprint density at radius 1 is 1.19 bits per heavy atom. The molecule has 1 aromatic carbocycles. The normalized spacial score (nSPS) is 15.7. The van der Waals surface area contributed by atoms with Crippen molar-refractivity contribution in [3.8, 4) is 0 Å². The summed E-state index contributed by atoms with van der Waals surface area (Å²) < 4.78 is 38.5. The van der Waals surface area contributed by atoms with E-state index in [1.165, 1.54) is 18.0 Å². The molecule has 144 valence electrons. The topological polar surface area (TPSA) is 55.9 Å². The van der Waals surface area contributed by atoms with Crippen LogP contribution < -0.4 is 10.2 Å². The molecule has 1 heterocycles. The van der Waals surface area contributed by atoms with Crippen LogP contribution in [0.4, 0.5) is 18.9 Å². The lowest BCUT2D eigenvalue weighted by Gasteiger charge is -2.36. The van der Waals surface area contributed by atoms with E-state index in [1.807, 2.05) is 9.80 Å². The fraction of sp³-hybridized carbons (Fsp3) is 0.529. The van der Waals surface area contributed by atoms with E-state index in [9.17, 15) is 22.8 Å². The minimum Gasteiger partial charge on any atom is -0.369 e. The van der Waals surface area contributed by atoms with E-state index in [2.05, 4.69) is 5.32 Å². The Hall–Kier alpha value is -2.29. The number of likely N-dealkylation sites (N-methyl/N-ethyl adjacent to an activating group) is 2. The number of alkyl halides is 3. The zero-order valence-corrected chi connectivity index (χ0v) is 14.8. The molecule has 0 unspecified atom stereocenters. The average Bonchev–Trinajstić information content (AvgIpc) is 2.61. The molecule has 0 atom stereocenters. The van der Waals surface area contributed by atoms with Gasteiger partial charge in [-0.25, -0.2) is 0 Å². The Kier molecular flexibility index (Phi) is 6.47. The number of anilines is 1. The predicted octanol–water partition coefficient (Wildman–Crippen LogP) is 1.03. The van der Waals surface area contributed by atoms with E-state index in [-0.39, 0.29) is 24.9 Å². The third kappa shape index (κ3) is 5.35. The molecule has 1 fully saturated rings. The fourth-order valence-electron chi connectivity index (χ4n) is 2.74. The number of hydrogen-bond donors (Lipinski definition) is 1. The van der Waals surface area contributed by atoms with E-state index < -0.39 is 11.7 Å². The highest BCUT2D eigenvalue weighted by atomic mass is 19.4. The predicted molar refractivity (Wildman–Crippen MR) is 91.8 cm³/mol. The summed E-state index contributed by atoms with van der Waals surface area (Å²) in [5.74, 6) is -0.406. The molecule has 1 aliphatic heterocycles. The van der Waals surface area contributed by atoms with Gasteiger partial charge in [0.05, 0.1) is 18.7 Å². The van der Waals surface area contributed by atoms with Crippen molar-refractivity contribution < 1.29 is 22.8 Å². The number of benzene rings is 1. The standard InChI is InChI=1S/C17H23F3N4O2/c1-21-15(25)11-22(2)16(26)12-23-6-8-24(9-7-23)14-5-3-4-13(10-14)17(18,19)20/h3-5,10H,6-9,11-12H2,1-2H3,(H,21,25). The fourth-order valence-corrected chi connectivity index (χ4v) is 2.74. The zero-order valence-electron chi connectivity index (χ0n) is 14.8. The zero-order chi connectivity index (χ0) is 19.3. The number of piperazine rings is 1. The largest absolute Gasteiger partial charge is 0.416 e. The van der Waals surface area contributed by atoms with Crippen LogP contribution in [0.25, 0.3) is 0 Å². The molecule has 1 aromatic rings. The van der Waals surface area contributed by atoms with Gasteiger partial charge in [-0.3, -0.25) is 14.5 Å². The summed E-state index contributed by atoms with van der Waals surface area (Å²) in [4.78, 5) is 28.6. The van der Waals surface area contributed by atoms with Gasteiger partial charge in [0.15, 0.2) is 0 Å². The SMILES string of the molecule is CNC(=O)CN(C)C(=O)CN1CCN(c2cccc(C(F)(F)F)c2)CC1. The highest BCUT2D eigenvalue weighted by Gasteiger charge is 2.31. The van der Waals surface area contributed by atoms with Gasteiger partial charge in [0.1, 0.15) is 0 Å². The van der Waals surface area contributed by atoms with E-state index >= 15 is 0 Å². The van der Waals surface area contributed by atoms with Crippen LogP contribution in [0.15, 0.2) is 24.3 Å². The minimum atomic E-state index is -4.36. The smallest absolute Gasteiger partial charge is 0.369 e. The maximum absolute atomic E-state index is 12.8. The molecule has 0 radical (unpaired) electrons. The molecule has 9 heteroatoms. The van der Waals surface area contributed by atoms with Crippen molar-refractivity contribution in [1.29, 1.82) is 0 Å². The van der Waals surface area contributed by atoms with E-state index in [0.29, 0.717) is 31.9 Å². The molecule has 1 saturated heterocycles. The van der Waals surface area contributed by atoms with Crippen LogP contribution in [-0.2, 0) is 15.8 Å². The molecule has 2 amide bonds. The van der Waals surface area contributed by atoms with Crippen LogP contribution in [-0.4, -0.2) is 75.0 Å². The molecule has 2 rings (SSSR count). The van der Waals surface area contributed by atoms with Crippen molar-refractivity contribution in [2.24, 2.45) is 0 Å². The lowest BCUT2D eigenvalue weighted by molar-refractivity contribution is -0.137. The molecule has 1 aliphatic rings. The lowest BCUT2D eigenvalue weighted by atomic mass is 10.1. The molecule has 1 N–H and O–H groups in total. The molecule has 6 nitrogen and oxygen atoms in total. The first-order valence-electron chi connectivity index (χ1n) is 8.30. The summed E-state index contributed by atoms with van der Waals surface area (Å²) in [6.07, 6.45) is -4.36. The van der Waals surface area contributed by atoms with E-state index in [4.69, 9.17) is 0 Å². The van der Waals surface area contributed by atoms with Crippen molar-refractivity contribution >= 4 is 17.5 Å². The number of amides is 2. The minimum absolute atomic E-state index is 0.000463. The van der Waals surface area contributed by atoms with Crippen molar-refractivity contribution in [2.75, 3.05) is 58.3 Å². The molecular weight excluding hydrogens is 349 g/mol. The molecule has 26 heavy (non-hydrogen) atoms. The van der Waals surface area contributed by atoms with Crippen LogP contribution in [0.2, 0.25) is 0 Å². The van der Waals surface area contributed by atoms with Gasteiger partial charge in [0, 0.05) is 46.0 Å². The summed E-state index contributed by atoms with van der Waals surface area (Å²) in [5, 5.41) is 2.46. The summed E-state index contributed by atoms with van der Waals surface area (Å²) >= 11 is 0. The van der Waals surface area contributed by atoms with Gasteiger partial charge < -0.3 is 15.1 Å². The molecule has 0 saturated carbocycles. The van der Waals surface area contributed by atoms with Gasteiger partial charge in [0.2, 0.25) is 11.8 Å². The van der Waals surface area contributed by atoms with Gasteiger partial charge in [-0.15, -0.1) is 0 Å². The number of hydrogen-bond acceptors (Lipinski definition) is 4. The number of carbonyl (C=O) groups is 2. The Morgan fingerprint density at radius 3 is 2.42 bits per heavy atom. The Bertz CT molecular complexity index is 643. The Morgan fingerprint density at radius 2 is 1.85 bits per heavy atom. The van der Waals surface area contributed by atoms with Gasteiger partial charge in [-0.2, -0.15) is 13.2 Å². The van der Waals surface area contributed by atoms with Crippen LogP contribution >= 0.6 is 0 Å². The van der Waals surface area contributed by atoms with E-state index in [1.54, 1.807) is 13.1 Å². The van der Waals surface area contributed by atoms with Crippen LogP contribution in [0.3, 0.4) is 0 Å². The molecule has 0 aliphatic carbocycles. The maximum Gasteiger partial charge on any atom is 0.416 e. The summed E-state index contributed by atoms with van der Waals surface area (Å²) in [5.41, 5.74) is -0.133. The van der Waals surface area contributed by atoms with Gasteiger partial charge >= 0.3 is 6.18 Å². The van der Waals surface area contributed by atoms with Crippen LogP contribution in [0.5, 0.6) is 0 Å². The number of nitrogens with zero attached hydrogens (tertiary/aromatic N) is 3. The Balaban J connectivity index is 1.87. The highest BCUT2D eigenvalue weighted by molar-refractivity contribution is 5.85. The first kappa shape index (κ1) is 20.0. The van der Waals surface area contributed by atoms with Crippen molar-refractivity contribution in [3.63, 3.8) is 0 Å². The van der Waals surface area contributed by atoms with Crippen molar-refractivity contribution in [3.05, 3.63) is 29.8 Å². The molecule has 0 aromatic heterocycles. The maximum atomic E-state index is 12.8. The summed E-state index contributed by atoms with van der Waals surface area (Å²) in [7, 11) is 3.07. The number of nitrogens with one attached hydrogen (secondary N) is 1. The van der Waals surface area contributed by atoms with Gasteiger partial charge in [0.25, 0.3) is 0 Å². The first-order chi connectivity index (χ1) is 12.2. The molecular formula is C17H23F3N4O2. The molecule has 0 spiro atoms. The Labute approximate surface area is 150 Å². The number of halogens is 3. The molecule has 0 bridgehead atoms. The second-order valence-electron chi connectivity index (χ2n) is 6.23. The van der Waals surface area contributed by atoms with Gasteiger partial charge in [-0.1, -0.05) is 6.07 Å². The number of carbonyl (C=O) groups excluding carboxylic acids is 2. The van der Waals surface area contributed by atoms with E-state index in [0.717, 1.165) is 12.1 Å². The van der Waals surface area contributed by atoms with Crippen molar-refractivity contribution in [2.45, 2.75) is 6.18 Å². The lowest BCUT2D eigenvalue weighted by Crippen LogP contribution is -2.50. The summed E-state index contributed by atoms with van der Waals surface area (Å²) in [6.45, 7) is 2.39. The van der Waals surface area contributed by atoms with Gasteiger partial charge in [-0.05, 0) is 18.2 Å². The quantitative estimate of drug-likeness (QED) is 0.839. The summed E-state index contributed by atoms with van der Waals surface area (Å²) in [6, 6.07) is 5.27. The van der Waals surface area contributed by atoms with Crippen LogP contribution in [0, 0.1) is 0 Å². The first-order valence-corrected chi connectivity index (χ1v) is 8.30. The third-order valence-corrected chi connectivity index (χ3v) is 4.36. The third-order valence-electron chi connectivity index (χ3n) is 4.36. The highest BCUT2D eigenvalue weighted by Crippen LogP contribution is 2.31. The second kappa shape index (κ2) is 8.39. The van der Waals surface area contributed by atoms with Crippen molar-refractivity contribution in [1.82, 2.24) is 15.1 Å².